The van der Waals surface area contributed by atoms with Gasteiger partial charge < -0.3 is 52.4 Å². The van der Waals surface area contributed by atoms with E-state index in [1.54, 1.807) is 0 Å². The second-order valence-electron chi connectivity index (χ2n) is 10.2. The maximum atomic E-state index is 13.5. The lowest BCUT2D eigenvalue weighted by atomic mass is 9.84. The van der Waals surface area contributed by atoms with Crippen LogP contribution in [0.4, 0.5) is 0 Å². The lowest BCUT2D eigenvalue weighted by molar-refractivity contribution is -0.288. The number of hydrogen-bond donors (Lipinski definition) is 8. The van der Waals surface area contributed by atoms with Gasteiger partial charge in [0.1, 0.15) is 30.5 Å². The highest BCUT2D eigenvalue weighted by molar-refractivity contribution is 6.18. The fourth-order valence-electron chi connectivity index (χ4n) is 5.41. The van der Waals surface area contributed by atoms with Gasteiger partial charge >= 0.3 is 0 Å². The molecule has 0 bridgehead atoms. The zero-order valence-electron chi connectivity index (χ0n) is 20.6. The first-order chi connectivity index (χ1) is 18.2. The topological polar surface area (TPSA) is 207 Å². The van der Waals surface area contributed by atoms with Crippen molar-refractivity contribution in [2.45, 2.75) is 67.5 Å². The third kappa shape index (κ3) is 4.89. The molecular weight excluding hydrogens is 492 g/mol. The molecule has 38 heavy (non-hydrogen) atoms. The maximum absolute atomic E-state index is 13.5. The maximum Gasteiger partial charge on any atom is 0.252 e. The van der Waals surface area contributed by atoms with E-state index in [0.29, 0.717) is 5.56 Å². The fraction of sp³-hybridized carbons (Fsp3) is 0.444. The van der Waals surface area contributed by atoms with Gasteiger partial charge in [0.05, 0.1) is 17.7 Å². The van der Waals surface area contributed by atoms with Crippen LogP contribution in [0.2, 0.25) is 0 Å². The molecule has 1 saturated heterocycles. The van der Waals surface area contributed by atoms with Gasteiger partial charge in [-0.05, 0) is 34.0 Å². The molecular formula is C27H34N4O7. The molecule has 1 aliphatic carbocycles. The molecule has 10 atom stereocenters. The average Bonchev–Trinajstić information content (AvgIpc) is 2.91. The first kappa shape index (κ1) is 26.9. The van der Waals surface area contributed by atoms with Crippen molar-refractivity contribution in [2.75, 3.05) is 6.54 Å². The first-order valence-electron chi connectivity index (χ1n) is 12.7. The van der Waals surface area contributed by atoms with Gasteiger partial charge in [0.25, 0.3) is 5.91 Å². The highest BCUT2D eigenvalue weighted by Crippen LogP contribution is 2.30. The van der Waals surface area contributed by atoms with Gasteiger partial charge in [-0.25, -0.2) is 0 Å². The van der Waals surface area contributed by atoms with Crippen molar-refractivity contribution in [1.82, 2.24) is 5.32 Å². The lowest BCUT2D eigenvalue weighted by Crippen LogP contribution is -2.67. The third-order valence-electron chi connectivity index (χ3n) is 7.59. The fourth-order valence-corrected chi connectivity index (χ4v) is 5.41. The Balaban J connectivity index is 1.34. The van der Waals surface area contributed by atoms with Gasteiger partial charge in [0.2, 0.25) is 0 Å². The Bertz CT molecular complexity index is 1250. The Kier molecular flexibility index (Phi) is 7.65. The zero-order valence-corrected chi connectivity index (χ0v) is 20.6. The number of carbonyl (C=O) groups is 1. The van der Waals surface area contributed by atoms with E-state index in [-0.39, 0.29) is 18.9 Å². The van der Waals surface area contributed by atoms with E-state index in [1.165, 1.54) is 0 Å². The number of benzene rings is 3. The van der Waals surface area contributed by atoms with Crippen molar-refractivity contribution in [3.8, 4) is 0 Å². The quantitative estimate of drug-likeness (QED) is 0.184. The highest BCUT2D eigenvalue weighted by atomic mass is 16.7. The van der Waals surface area contributed by atoms with E-state index in [2.05, 4.69) is 5.32 Å². The molecule has 2 fully saturated rings. The van der Waals surface area contributed by atoms with Crippen LogP contribution in [0.5, 0.6) is 0 Å². The standard InChI is InChI=1S/C27H34N4O7/c28-16-10-17(29)25(24(35)21(16)32)38-27-20(30)23(34)22(33)18(37-27)11-31-26(36)19-14-7-3-1-5-12(14)9-13-6-2-4-8-15(13)19/h1-9,16-18,20-25,27,32-35H,10-11,28-30H2,(H,31,36)/t16-,17+,18-,20-,21+,22-,23-,24-,25-,27-/m1/s1. The molecule has 3 aromatic carbocycles. The van der Waals surface area contributed by atoms with Crippen LogP contribution in [0.25, 0.3) is 21.5 Å². The minimum atomic E-state index is -1.45. The minimum absolute atomic E-state index is 0.159. The Hall–Kier alpha value is -2.71. The summed E-state index contributed by atoms with van der Waals surface area (Å²) in [5.41, 5.74) is 18.4. The molecule has 204 valence electrons. The number of rotatable bonds is 5. The molecule has 0 unspecified atom stereocenters. The number of amides is 1. The van der Waals surface area contributed by atoms with Gasteiger partial charge in [-0.2, -0.15) is 0 Å². The molecule has 11 nitrogen and oxygen atoms in total. The molecule has 3 aromatic rings. The van der Waals surface area contributed by atoms with Crippen molar-refractivity contribution in [3.05, 3.63) is 60.2 Å². The summed E-state index contributed by atoms with van der Waals surface area (Å²) < 4.78 is 11.7. The predicted molar refractivity (Wildman–Crippen MR) is 140 cm³/mol. The predicted octanol–water partition coefficient (Wildman–Crippen LogP) is -1.34. The Morgan fingerprint density at radius 1 is 0.868 bits per heavy atom. The van der Waals surface area contributed by atoms with E-state index >= 15 is 0 Å². The average molecular weight is 527 g/mol. The zero-order chi connectivity index (χ0) is 27.1. The van der Waals surface area contributed by atoms with Crippen molar-refractivity contribution < 1.29 is 34.7 Å². The van der Waals surface area contributed by atoms with Crippen LogP contribution in [-0.4, -0.2) is 93.9 Å². The van der Waals surface area contributed by atoms with Gasteiger partial charge in [-0.3, -0.25) is 4.79 Å². The van der Waals surface area contributed by atoms with E-state index in [4.69, 9.17) is 26.7 Å². The Morgan fingerprint density at radius 2 is 1.47 bits per heavy atom. The Labute approximate surface area is 219 Å². The molecule has 2 aliphatic rings. The van der Waals surface area contributed by atoms with Crippen LogP contribution in [-0.2, 0) is 9.47 Å². The molecule has 11 heteroatoms. The monoisotopic (exact) mass is 526 g/mol. The van der Waals surface area contributed by atoms with Crippen LogP contribution >= 0.6 is 0 Å². The minimum Gasteiger partial charge on any atom is -0.389 e. The number of aliphatic hydroxyl groups is 4. The summed E-state index contributed by atoms with van der Waals surface area (Å²) in [5.74, 6) is -0.377. The van der Waals surface area contributed by atoms with Crippen LogP contribution in [0.3, 0.4) is 0 Å². The number of ether oxygens (including phenoxy) is 2. The van der Waals surface area contributed by atoms with Gasteiger partial charge in [-0.1, -0.05) is 48.5 Å². The summed E-state index contributed by atoms with van der Waals surface area (Å²) >= 11 is 0. The van der Waals surface area contributed by atoms with Crippen molar-refractivity contribution >= 4 is 27.5 Å². The molecule has 0 spiro atoms. The SMILES string of the molecule is N[C@H]1[C@@H](O[C@H]2[C@H](O)[C@@H](O)[C@H](N)C[C@@H]2N)O[C@H](CNC(=O)c2c3ccccc3cc3ccccc23)[C@@H](O)[C@@H]1O. The summed E-state index contributed by atoms with van der Waals surface area (Å²) in [5, 5.41) is 48.0. The van der Waals surface area contributed by atoms with E-state index < -0.39 is 61.0 Å². The second-order valence-corrected chi connectivity index (χ2v) is 10.2. The molecule has 0 aromatic heterocycles. The van der Waals surface area contributed by atoms with Crippen LogP contribution in [0.15, 0.2) is 54.6 Å². The normalized spacial score (nSPS) is 35.9. The summed E-state index contributed by atoms with van der Waals surface area (Å²) in [6.45, 7) is -0.159. The third-order valence-corrected chi connectivity index (χ3v) is 7.59. The molecule has 1 heterocycles. The lowest BCUT2D eigenvalue weighted by Gasteiger charge is -2.45. The molecule has 11 N–H and O–H groups in total. The molecule has 0 radical (unpaired) electrons. The smallest absolute Gasteiger partial charge is 0.252 e. The van der Waals surface area contributed by atoms with Crippen LogP contribution in [0, 0.1) is 0 Å². The van der Waals surface area contributed by atoms with Gasteiger partial charge in [0, 0.05) is 18.6 Å². The summed E-state index contributed by atoms with van der Waals surface area (Å²) in [6.07, 6.45) is -8.76. The first-order valence-corrected chi connectivity index (χ1v) is 12.7. The summed E-state index contributed by atoms with van der Waals surface area (Å²) in [7, 11) is 0. The van der Waals surface area contributed by atoms with E-state index in [1.807, 2.05) is 54.6 Å². The number of hydrogen-bond acceptors (Lipinski definition) is 10. The van der Waals surface area contributed by atoms with Crippen molar-refractivity contribution in [2.24, 2.45) is 17.2 Å². The van der Waals surface area contributed by atoms with Crippen molar-refractivity contribution in [3.63, 3.8) is 0 Å². The largest absolute Gasteiger partial charge is 0.389 e. The number of carbonyl (C=O) groups excluding carboxylic acids is 1. The molecule has 1 amide bonds. The second kappa shape index (κ2) is 10.8. The number of fused-ring (bicyclic) bond motifs is 2. The van der Waals surface area contributed by atoms with Crippen molar-refractivity contribution in [1.29, 1.82) is 0 Å². The van der Waals surface area contributed by atoms with Crippen LogP contribution in [0.1, 0.15) is 16.8 Å². The number of aliphatic hydroxyl groups excluding tert-OH is 4. The van der Waals surface area contributed by atoms with Crippen LogP contribution < -0.4 is 22.5 Å². The van der Waals surface area contributed by atoms with Gasteiger partial charge in [0.15, 0.2) is 6.29 Å². The van der Waals surface area contributed by atoms with E-state index in [9.17, 15) is 25.2 Å². The number of nitrogens with two attached hydrogens (primary N) is 3. The number of nitrogens with one attached hydrogen (secondary N) is 1. The molecule has 5 rings (SSSR count). The summed E-state index contributed by atoms with van der Waals surface area (Å²) in [4.78, 5) is 13.5. The summed E-state index contributed by atoms with van der Waals surface area (Å²) in [6, 6.07) is 14.5. The molecule has 1 saturated carbocycles. The van der Waals surface area contributed by atoms with Gasteiger partial charge in [-0.15, -0.1) is 0 Å². The molecule has 1 aliphatic heterocycles. The Morgan fingerprint density at radius 3 is 2.11 bits per heavy atom. The van der Waals surface area contributed by atoms with E-state index in [0.717, 1.165) is 21.5 Å². The highest BCUT2D eigenvalue weighted by Gasteiger charge is 2.48.